The molecule has 7 heteroatoms. The van der Waals surface area contributed by atoms with Crippen LogP contribution in [0.15, 0.2) is 17.2 Å². The summed E-state index contributed by atoms with van der Waals surface area (Å²) in [4.78, 5) is 11.4. The van der Waals surface area contributed by atoms with Crippen molar-refractivity contribution >= 4 is 16.0 Å². The third kappa shape index (κ3) is 2.98. The average molecular weight is 314 g/mol. The number of sulfonamides is 1. The minimum absolute atomic E-state index is 0.0500. The van der Waals surface area contributed by atoms with Crippen LogP contribution in [0.1, 0.15) is 56.1 Å². The van der Waals surface area contributed by atoms with Gasteiger partial charge in [0.15, 0.2) is 0 Å². The first kappa shape index (κ1) is 16.0. The van der Waals surface area contributed by atoms with Gasteiger partial charge >= 0.3 is 5.97 Å². The number of nitrogens with zero attached hydrogens (tertiary/aromatic N) is 2. The van der Waals surface area contributed by atoms with Crippen LogP contribution in [0.3, 0.4) is 0 Å². The van der Waals surface area contributed by atoms with Crippen molar-refractivity contribution in [1.82, 2.24) is 8.87 Å². The van der Waals surface area contributed by atoms with Gasteiger partial charge < -0.3 is 9.67 Å². The lowest BCUT2D eigenvalue weighted by Crippen LogP contribution is -2.36. The largest absolute Gasteiger partial charge is 0.477 e. The molecule has 2 rings (SSSR count). The van der Waals surface area contributed by atoms with Crippen LogP contribution in [-0.4, -0.2) is 41.5 Å². The molecule has 1 heterocycles. The molecule has 1 fully saturated rings. The fraction of sp³-hybridized carbons (Fsp3) is 0.643. The van der Waals surface area contributed by atoms with E-state index < -0.39 is 16.0 Å². The number of hydrogen-bond donors (Lipinski definition) is 1. The Morgan fingerprint density at radius 2 is 2.00 bits per heavy atom. The highest BCUT2D eigenvalue weighted by Gasteiger charge is 2.33. The molecular weight excluding hydrogens is 292 g/mol. The molecule has 0 radical (unpaired) electrons. The zero-order chi connectivity index (χ0) is 15.8. The topological polar surface area (TPSA) is 79.6 Å². The van der Waals surface area contributed by atoms with E-state index >= 15 is 0 Å². The number of carboxylic acids is 1. The van der Waals surface area contributed by atoms with Gasteiger partial charge in [-0.2, -0.15) is 4.31 Å². The molecule has 1 aromatic heterocycles. The molecule has 1 aromatic rings. The first-order valence-corrected chi connectivity index (χ1v) is 8.70. The van der Waals surface area contributed by atoms with Gasteiger partial charge in [-0.1, -0.05) is 13.8 Å². The third-order valence-electron chi connectivity index (χ3n) is 4.12. The summed E-state index contributed by atoms with van der Waals surface area (Å²) in [6.07, 6.45) is 4.71. The second kappa shape index (κ2) is 5.81. The molecule has 0 saturated heterocycles. The summed E-state index contributed by atoms with van der Waals surface area (Å²) in [7, 11) is -2.10. The predicted molar refractivity (Wildman–Crippen MR) is 79.0 cm³/mol. The van der Waals surface area contributed by atoms with Crippen molar-refractivity contribution in [3.63, 3.8) is 0 Å². The summed E-state index contributed by atoms with van der Waals surface area (Å²) in [5, 5.41) is 9.23. The van der Waals surface area contributed by atoms with E-state index in [9.17, 15) is 18.3 Å². The van der Waals surface area contributed by atoms with Crippen molar-refractivity contribution in [2.75, 3.05) is 7.05 Å². The smallest absolute Gasteiger partial charge is 0.352 e. The van der Waals surface area contributed by atoms with Crippen molar-refractivity contribution in [3.8, 4) is 0 Å². The Morgan fingerprint density at radius 1 is 1.43 bits per heavy atom. The van der Waals surface area contributed by atoms with E-state index in [1.807, 2.05) is 13.8 Å². The molecule has 118 valence electrons. The molecule has 0 unspecified atom stereocenters. The van der Waals surface area contributed by atoms with Gasteiger partial charge in [0.05, 0.1) is 0 Å². The maximum absolute atomic E-state index is 12.6. The van der Waals surface area contributed by atoms with E-state index in [1.54, 1.807) is 11.6 Å². The third-order valence-corrected chi connectivity index (χ3v) is 5.99. The van der Waals surface area contributed by atoms with E-state index in [2.05, 4.69) is 0 Å². The first-order chi connectivity index (χ1) is 9.82. The minimum Gasteiger partial charge on any atom is -0.477 e. The fourth-order valence-corrected chi connectivity index (χ4v) is 4.12. The van der Waals surface area contributed by atoms with Crippen LogP contribution in [0.5, 0.6) is 0 Å². The van der Waals surface area contributed by atoms with Gasteiger partial charge in [-0.05, 0) is 31.7 Å². The lowest BCUT2D eigenvalue weighted by Gasteiger charge is -2.24. The maximum Gasteiger partial charge on any atom is 0.352 e. The lowest BCUT2D eigenvalue weighted by atomic mass is 10.2. The van der Waals surface area contributed by atoms with E-state index in [0.717, 1.165) is 25.7 Å². The van der Waals surface area contributed by atoms with Crippen molar-refractivity contribution in [3.05, 3.63) is 18.0 Å². The molecule has 1 aliphatic carbocycles. The standard InChI is InChI=1S/C14H22N2O4S/c1-4-10(5-2)15(3)21(19,20)12-8-13(14(17)18)16(9-12)11-6-7-11/h8-11H,4-7H2,1-3H3,(H,17,18). The van der Waals surface area contributed by atoms with Crippen molar-refractivity contribution < 1.29 is 18.3 Å². The highest BCUT2D eigenvalue weighted by Crippen LogP contribution is 2.37. The molecule has 1 N–H and O–H groups in total. The number of aromatic nitrogens is 1. The van der Waals surface area contributed by atoms with E-state index in [1.165, 1.54) is 16.6 Å². The van der Waals surface area contributed by atoms with E-state index in [4.69, 9.17) is 0 Å². The number of carbonyl (C=O) groups is 1. The lowest BCUT2D eigenvalue weighted by molar-refractivity contribution is 0.0685. The van der Waals surface area contributed by atoms with Crippen LogP contribution >= 0.6 is 0 Å². The normalized spacial score (nSPS) is 15.9. The molecule has 0 aliphatic heterocycles. The van der Waals surface area contributed by atoms with Crippen LogP contribution in [-0.2, 0) is 10.0 Å². The van der Waals surface area contributed by atoms with Crippen molar-refractivity contribution in [1.29, 1.82) is 0 Å². The van der Waals surface area contributed by atoms with Gasteiger partial charge in [0, 0.05) is 25.3 Å². The Morgan fingerprint density at radius 3 is 2.43 bits per heavy atom. The Balaban J connectivity index is 2.40. The van der Waals surface area contributed by atoms with Gasteiger partial charge in [-0.3, -0.25) is 0 Å². The molecule has 0 spiro atoms. The number of hydrogen-bond acceptors (Lipinski definition) is 3. The maximum atomic E-state index is 12.6. The van der Waals surface area contributed by atoms with Crippen LogP contribution in [0.4, 0.5) is 0 Å². The summed E-state index contributed by atoms with van der Waals surface area (Å²) < 4.78 is 28.2. The molecule has 0 amide bonds. The Hall–Kier alpha value is -1.34. The number of aromatic carboxylic acids is 1. The minimum atomic E-state index is -3.65. The summed E-state index contributed by atoms with van der Waals surface area (Å²) in [5.74, 6) is -1.09. The van der Waals surface area contributed by atoms with Gasteiger partial charge in [0.2, 0.25) is 10.0 Å². The molecule has 0 bridgehead atoms. The number of rotatable bonds is 7. The van der Waals surface area contributed by atoms with Crippen LogP contribution in [0, 0.1) is 0 Å². The van der Waals surface area contributed by atoms with Gasteiger partial charge in [0.1, 0.15) is 10.6 Å². The van der Waals surface area contributed by atoms with Gasteiger partial charge in [-0.15, -0.1) is 0 Å². The average Bonchev–Trinajstić information content (AvgIpc) is 3.17. The molecule has 1 aliphatic rings. The van der Waals surface area contributed by atoms with Gasteiger partial charge in [-0.25, -0.2) is 13.2 Å². The highest BCUT2D eigenvalue weighted by molar-refractivity contribution is 7.89. The van der Waals surface area contributed by atoms with Gasteiger partial charge in [0.25, 0.3) is 0 Å². The molecule has 6 nitrogen and oxygen atoms in total. The van der Waals surface area contributed by atoms with E-state index in [-0.39, 0.29) is 22.7 Å². The second-order valence-corrected chi connectivity index (χ2v) is 7.49. The zero-order valence-corrected chi connectivity index (χ0v) is 13.4. The predicted octanol–water partition coefficient (Wildman–Crippen LogP) is 2.33. The monoisotopic (exact) mass is 314 g/mol. The summed E-state index contributed by atoms with van der Waals surface area (Å²) in [6.45, 7) is 3.89. The SMILES string of the molecule is CCC(CC)N(C)S(=O)(=O)c1cc(C(=O)O)n(C2CC2)c1. The van der Waals surface area contributed by atoms with Crippen molar-refractivity contribution in [2.24, 2.45) is 0 Å². The molecule has 21 heavy (non-hydrogen) atoms. The molecule has 0 aromatic carbocycles. The second-order valence-electron chi connectivity index (χ2n) is 5.50. The van der Waals surface area contributed by atoms with Crippen LogP contribution in [0.25, 0.3) is 0 Å². The zero-order valence-electron chi connectivity index (χ0n) is 12.6. The van der Waals surface area contributed by atoms with Crippen molar-refractivity contribution in [2.45, 2.75) is 56.5 Å². The number of carboxylic acid groups (broad SMARTS) is 1. The Kier molecular flexibility index (Phi) is 4.43. The van der Waals surface area contributed by atoms with E-state index in [0.29, 0.717) is 0 Å². The summed E-state index contributed by atoms with van der Waals surface area (Å²) >= 11 is 0. The Bertz CT molecular complexity index is 627. The molecular formula is C14H22N2O4S. The molecule has 0 atom stereocenters. The first-order valence-electron chi connectivity index (χ1n) is 7.26. The quantitative estimate of drug-likeness (QED) is 0.837. The van der Waals surface area contributed by atoms with Crippen LogP contribution in [0.2, 0.25) is 0 Å². The fourth-order valence-electron chi connectivity index (χ4n) is 2.59. The summed E-state index contributed by atoms with van der Waals surface area (Å²) in [5.41, 5.74) is 0.0500. The summed E-state index contributed by atoms with van der Waals surface area (Å²) in [6, 6.07) is 1.32. The highest BCUT2D eigenvalue weighted by atomic mass is 32.2. The molecule has 1 saturated carbocycles. The van der Waals surface area contributed by atoms with Crippen LogP contribution < -0.4 is 0 Å². The Labute approximate surface area is 125 Å².